The molecule has 0 saturated carbocycles. The molecule has 0 unspecified atom stereocenters. The summed E-state index contributed by atoms with van der Waals surface area (Å²) >= 11 is 35.8. The van der Waals surface area contributed by atoms with Crippen molar-refractivity contribution in [1.82, 2.24) is 9.34 Å². The van der Waals surface area contributed by atoms with E-state index < -0.39 is 13.7 Å². The van der Waals surface area contributed by atoms with E-state index in [0.717, 1.165) is 35.1 Å². The standard InChI is InChI=1S/C26H34Cl6N2O4P2/c1-3-25(21-5-9-23(10-6-21)37-39(31,35)33(17-13-27)18-14-28)26(4-2)22-7-11-24(12-8-22)38-40(32,36)34(19-15-29)20-16-30/h5-12H,3-4,13-20H2,1-2H3/b26-25-/t39-,40-/m1/s1. The predicted octanol–water partition coefficient (Wildman–Crippen LogP) is 10.4. The van der Waals surface area contributed by atoms with Crippen molar-refractivity contribution < 1.29 is 18.2 Å². The molecule has 0 spiro atoms. The van der Waals surface area contributed by atoms with Crippen LogP contribution in [0.25, 0.3) is 11.1 Å². The van der Waals surface area contributed by atoms with E-state index in [4.69, 9.17) is 77.9 Å². The minimum Gasteiger partial charge on any atom is -0.422 e. The fourth-order valence-corrected chi connectivity index (χ4v) is 9.11. The van der Waals surface area contributed by atoms with Crippen LogP contribution in [-0.4, -0.2) is 59.0 Å². The molecule has 0 aromatic heterocycles. The molecule has 0 N–H and O–H groups in total. The zero-order valence-electron chi connectivity index (χ0n) is 22.4. The van der Waals surface area contributed by atoms with Crippen LogP contribution in [0.3, 0.4) is 0 Å². The van der Waals surface area contributed by atoms with Gasteiger partial charge in [-0.2, -0.15) is 0 Å². The molecule has 0 amide bonds. The maximum atomic E-state index is 13.0. The Morgan fingerprint density at radius 3 is 1.10 bits per heavy atom. The Labute approximate surface area is 267 Å². The normalized spacial score (nSPS) is 15.4. The second-order valence-corrected chi connectivity index (χ2v) is 15.8. The summed E-state index contributed by atoms with van der Waals surface area (Å²) < 4.78 is 40.2. The Balaban J connectivity index is 2.28. The number of nitrogens with zero attached hydrogens (tertiary/aromatic N) is 2. The van der Waals surface area contributed by atoms with Gasteiger partial charge in [0.2, 0.25) is 0 Å². The van der Waals surface area contributed by atoms with Gasteiger partial charge in [0.1, 0.15) is 11.5 Å². The molecule has 14 heteroatoms. The fraction of sp³-hybridized carbons (Fsp3) is 0.462. The number of benzene rings is 2. The largest absolute Gasteiger partial charge is 0.422 e. The molecule has 0 saturated heterocycles. The fourth-order valence-electron chi connectivity index (χ4n) is 4.08. The van der Waals surface area contributed by atoms with Crippen molar-refractivity contribution in [2.24, 2.45) is 0 Å². The Kier molecular flexibility index (Phi) is 16.1. The van der Waals surface area contributed by atoms with E-state index in [2.05, 4.69) is 13.8 Å². The van der Waals surface area contributed by atoms with Crippen LogP contribution in [0.2, 0.25) is 0 Å². The molecule has 2 aromatic rings. The topological polar surface area (TPSA) is 59.1 Å². The predicted molar refractivity (Wildman–Crippen MR) is 174 cm³/mol. The zero-order valence-corrected chi connectivity index (χ0v) is 28.7. The summed E-state index contributed by atoms with van der Waals surface area (Å²) in [7, 11) is 0. The van der Waals surface area contributed by atoms with E-state index in [0.29, 0.717) is 37.7 Å². The average Bonchev–Trinajstić information content (AvgIpc) is 2.92. The highest BCUT2D eigenvalue weighted by atomic mass is 35.7. The van der Waals surface area contributed by atoms with Gasteiger partial charge in [-0.3, -0.25) is 0 Å². The van der Waals surface area contributed by atoms with E-state index in [1.165, 1.54) is 9.34 Å². The second-order valence-electron chi connectivity index (χ2n) is 8.46. The molecule has 2 rings (SSSR count). The Morgan fingerprint density at radius 2 is 0.875 bits per heavy atom. The van der Waals surface area contributed by atoms with E-state index in [1.807, 2.05) is 24.3 Å². The quantitative estimate of drug-likeness (QED) is 0.0871. The SMILES string of the molecule is CC/C(=C(\CC)c1ccc(O[P@](=O)(Cl)N(CCCl)CCCl)cc1)c1ccc(O[P@](=O)(Cl)N(CCCl)CCCl)cc1. The maximum absolute atomic E-state index is 13.0. The van der Waals surface area contributed by atoms with Crippen molar-refractivity contribution in [3.8, 4) is 11.5 Å². The number of allylic oxidation sites excluding steroid dienone is 2. The summed E-state index contributed by atoms with van der Waals surface area (Å²) in [5.74, 6) is 1.76. The number of halogens is 6. The molecule has 0 aliphatic rings. The van der Waals surface area contributed by atoms with Gasteiger partial charge in [0.25, 0.3) is 0 Å². The third kappa shape index (κ3) is 10.6. The van der Waals surface area contributed by atoms with Gasteiger partial charge in [-0.05, 0) is 59.4 Å². The van der Waals surface area contributed by atoms with Gasteiger partial charge in [0.15, 0.2) is 0 Å². The molecule has 2 aromatic carbocycles. The van der Waals surface area contributed by atoms with Crippen LogP contribution < -0.4 is 9.05 Å². The summed E-state index contributed by atoms with van der Waals surface area (Å²) in [5, 5.41) is 0. The smallest absolute Gasteiger partial charge is 0.411 e. The van der Waals surface area contributed by atoms with Gasteiger partial charge in [0, 0.05) is 72.2 Å². The molecule has 0 heterocycles. The minimum atomic E-state index is -3.64. The van der Waals surface area contributed by atoms with Gasteiger partial charge >= 0.3 is 13.7 Å². The number of rotatable bonds is 18. The molecular formula is C26H34Cl6N2O4P2. The van der Waals surface area contributed by atoms with Crippen LogP contribution in [0.5, 0.6) is 11.5 Å². The van der Waals surface area contributed by atoms with Crippen LogP contribution in [0, 0.1) is 0 Å². The van der Waals surface area contributed by atoms with Crippen molar-refractivity contribution in [3.05, 3.63) is 59.7 Å². The first-order valence-corrected chi connectivity index (χ1v) is 19.8. The van der Waals surface area contributed by atoms with Crippen molar-refractivity contribution in [3.63, 3.8) is 0 Å². The van der Waals surface area contributed by atoms with E-state index in [9.17, 15) is 9.13 Å². The lowest BCUT2D eigenvalue weighted by Gasteiger charge is -2.25. The van der Waals surface area contributed by atoms with E-state index in [1.54, 1.807) is 24.3 Å². The summed E-state index contributed by atoms with van der Waals surface area (Å²) in [6, 6.07) is 14.6. The molecule has 6 nitrogen and oxygen atoms in total. The second kappa shape index (κ2) is 17.9. The lowest BCUT2D eigenvalue weighted by Crippen LogP contribution is -2.25. The van der Waals surface area contributed by atoms with Crippen molar-refractivity contribution in [2.45, 2.75) is 26.7 Å². The monoisotopic (exact) mass is 710 g/mol. The molecule has 0 radical (unpaired) electrons. The number of hydrogen-bond acceptors (Lipinski definition) is 4. The molecule has 0 aliphatic carbocycles. The molecule has 0 aliphatic heterocycles. The highest BCUT2D eigenvalue weighted by molar-refractivity contribution is 7.84. The first-order chi connectivity index (χ1) is 19.1. The average molecular weight is 713 g/mol. The molecule has 0 fully saturated rings. The number of alkyl halides is 4. The first kappa shape index (κ1) is 36.1. The molecule has 40 heavy (non-hydrogen) atoms. The lowest BCUT2D eigenvalue weighted by molar-refractivity contribution is 0.389. The van der Waals surface area contributed by atoms with Crippen LogP contribution in [0.1, 0.15) is 37.8 Å². The lowest BCUT2D eigenvalue weighted by atomic mass is 9.91. The maximum Gasteiger partial charge on any atom is 0.411 e. The van der Waals surface area contributed by atoms with Crippen molar-refractivity contribution in [1.29, 1.82) is 0 Å². The van der Waals surface area contributed by atoms with Gasteiger partial charge in [-0.25, -0.2) is 18.5 Å². The summed E-state index contributed by atoms with van der Waals surface area (Å²) in [6.45, 7) is -1.94. The van der Waals surface area contributed by atoms with Crippen molar-refractivity contribution >= 4 is 93.8 Å². The molecule has 2 atom stereocenters. The van der Waals surface area contributed by atoms with Gasteiger partial charge in [0.05, 0.1) is 0 Å². The highest BCUT2D eigenvalue weighted by Crippen LogP contribution is 2.56. The van der Waals surface area contributed by atoms with Crippen LogP contribution >= 0.6 is 82.6 Å². The van der Waals surface area contributed by atoms with E-state index >= 15 is 0 Å². The zero-order chi connectivity index (χ0) is 29.8. The summed E-state index contributed by atoms with van der Waals surface area (Å²) in [4.78, 5) is 0. The Morgan fingerprint density at radius 1 is 0.600 bits per heavy atom. The molecular weight excluding hydrogens is 679 g/mol. The van der Waals surface area contributed by atoms with Crippen LogP contribution in [-0.2, 0) is 9.13 Å². The highest BCUT2D eigenvalue weighted by Gasteiger charge is 2.31. The number of hydrogen-bond donors (Lipinski definition) is 0. The summed E-state index contributed by atoms with van der Waals surface area (Å²) in [5.41, 5.74) is 4.28. The van der Waals surface area contributed by atoms with Gasteiger partial charge < -0.3 is 9.05 Å². The minimum absolute atomic E-state index is 0.249. The van der Waals surface area contributed by atoms with Crippen LogP contribution in [0.4, 0.5) is 0 Å². The first-order valence-electron chi connectivity index (χ1n) is 12.7. The van der Waals surface area contributed by atoms with E-state index in [-0.39, 0.29) is 23.5 Å². The van der Waals surface area contributed by atoms with Gasteiger partial charge in [-0.15, -0.1) is 46.4 Å². The van der Waals surface area contributed by atoms with Crippen LogP contribution in [0.15, 0.2) is 48.5 Å². The third-order valence-electron chi connectivity index (χ3n) is 5.96. The third-order valence-corrected chi connectivity index (χ3v) is 11.4. The van der Waals surface area contributed by atoms with Crippen molar-refractivity contribution in [2.75, 3.05) is 49.7 Å². The van der Waals surface area contributed by atoms with Gasteiger partial charge in [-0.1, -0.05) is 38.1 Å². The Hall–Kier alpha value is -0.100. The molecule has 224 valence electrons. The Bertz CT molecular complexity index is 1080. The molecule has 0 bridgehead atoms. The summed E-state index contributed by atoms with van der Waals surface area (Å²) in [6.07, 6.45) is 1.55.